The van der Waals surface area contributed by atoms with Crippen molar-refractivity contribution in [3.63, 3.8) is 0 Å². The molecular weight excluding hydrogens is 1280 g/mol. The van der Waals surface area contributed by atoms with Gasteiger partial charge in [-0.25, -0.2) is 12.5 Å². The van der Waals surface area contributed by atoms with Gasteiger partial charge in [0.1, 0.15) is 97.2 Å². The number of hydrogen-bond acceptors (Lipinski definition) is 29. The molecule has 10 N–H and O–H groups in total. The van der Waals surface area contributed by atoms with Crippen molar-refractivity contribution in [1.29, 1.82) is 0 Å². The lowest BCUT2D eigenvalue weighted by atomic mass is 9.41. The Morgan fingerprint density at radius 1 is 0.670 bits per heavy atom. The quantitative estimate of drug-likeness (QED) is 0.0398. The molecule has 0 radical (unpaired) electrons. The number of hydrogen-bond donors (Lipinski definition) is 10. The molecule has 9 aliphatic rings. The molecule has 0 aromatic heterocycles. The predicted molar refractivity (Wildman–Crippen MR) is 303 cm³/mol. The van der Waals surface area contributed by atoms with Crippen LogP contribution < -0.4 is 0 Å². The van der Waals surface area contributed by atoms with Gasteiger partial charge < -0.3 is 87.9 Å². The van der Waals surface area contributed by atoms with Crippen LogP contribution >= 0.6 is 0 Å². The van der Waals surface area contributed by atoms with E-state index in [0.29, 0.717) is 51.4 Å². The van der Waals surface area contributed by atoms with Crippen LogP contribution in [0.2, 0.25) is 0 Å². The Balaban J connectivity index is 0.927. The largest absolute Gasteiger partial charge is 0.462 e. The van der Waals surface area contributed by atoms with Gasteiger partial charge in [0.25, 0.3) is 0 Å². The first-order chi connectivity index (χ1) is 42.1. The second-order valence-corrected chi connectivity index (χ2v) is 30.3. The van der Waals surface area contributed by atoms with Crippen molar-refractivity contribution in [2.75, 3.05) is 26.9 Å². The predicted octanol–water partition coefficient (Wildman–Crippen LogP) is -0.365. The number of aliphatic hydroxyl groups excluding tert-OH is 7. The molecule has 5 heterocycles. The molecule has 9 rings (SSSR count). The lowest BCUT2D eigenvalue weighted by Gasteiger charge is -2.64. The summed E-state index contributed by atoms with van der Waals surface area (Å²) in [7, 11) is -14.6. The number of ether oxygens (including phenoxy) is 11. The number of allylic oxidation sites excluding steroid dienone is 4. The minimum absolute atomic E-state index is 0.0173. The van der Waals surface area contributed by atoms with Gasteiger partial charge in [-0.1, -0.05) is 51.0 Å². The molecule has 0 aromatic carbocycles. The van der Waals surface area contributed by atoms with Crippen LogP contribution in [0.1, 0.15) is 114 Å². The number of carbonyl (C=O) groups excluding carboxylic acids is 2. The zero-order valence-electron chi connectivity index (χ0n) is 52.0. The van der Waals surface area contributed by atoms with E-state index in [-0.39, 0.29) is 23.2 Å². The molecule has 8 fully saturated rings. The van der Waals surface area contributed by atoms with Crippen molar-refractivity contribution in [3.8, 4) is 0 Å². The van der Waals surface area contributed by atoms with E-state index in [1.807, 2.05) is 34.6 Å². The molecule has 35 heteroatoms. The molecule has 91 heavy (non-hydrogen) atoms. The number of carbonyl (C=O) groups is 2. The first-order valence-corrected chi connectivity index (χ1v) is 34.3. The summed E-state index contributed by atoms with van der Waals surface area (Å²) in [5.74, 6) is -1.21. The maximum atomic E-state index is 14.7. The van der Waals surface area contributed by atoms with Crippen molar-refractivity contribution >= 4 is 43.1 Å². The topological polar surface area (TPSA) is 468 Å². The van der Waals surface area contributed by atoms with Crippen molar-refractivity contribution in [2.45, 2.75) is 248 Å². The fraction of sp³-hybridized carbons (Fsp3) is 0.893. The standard InChI is InChI=1S/C56H88O32S3/c1-24(2)12-11-17-55(9)46-29(80-26(4)57)20-54(8)28-13-14-33-52(5,6)34(16-18-53(33,7)27(28)15-19-56(46,54)51(65)87-55)83-50-45(37(60)32(21-76-50)88-91(72,73)74)86-47-39(62)38(61)42(25(3)79-47)84-49-41(64)44(36(59)31(82-49)23-78-90(69,70)71)85-48-40(63)43(75-10)35(58)30(81-48)22-77-89(66,67)68/h12-13,25,27,29-50,58-64H,11,14-23H2,1-10H3,(H,66,67,68)(H,69,70,71)(H,72,73,74)/t25-,27-,29+,30-,31-,32-,33+,34+,35-,36-,37+,38-,39-,40-,41-,42-,43+,44+,45-,46-,47+,48+,49+,50+,53-,54+,55+,56-/m1/s1. The lowest BCUT2D eigenvalue weighted by Crippen LogP contribution is -2.67. The second-order valence-electron chi connectivity index (χ2n) is 27.1. The van der Waals surface area contributed by atoms with Crippen LogP contribution in [-0.4, -0.2) is 248 Å². The molecule has 5 aliphatic heterocycles. The summed E-state index contributed by atoms with van der Waals surface area (Å²) in [6.45, 7) is 14.1. The molecule has 0 unspecified atom stereocenters. The van der Waals surface area contributed by atoms with Gasteiger partial charge in [-0.2, -0.15) is 25.3 Å². The zero-order valence-corrected chi connectivity index (χ0v) is 54.4. The normalized spacial score (nSPS) is 46.6. The van der Waals surface area contributed by atoms with Crippen LogP contribution in [0, 0.1) is 39.4 Å². The number of esters is 2. The van der Waals surface area contributed by atoms with E-state index in [2.05, 4.69) is 34.4 Å². The fourth-order valence-electron chi connectivity index (χ4n) is 16.8. The van der Waals surface area contributed by atoms with E-state index in [1.54, 1.807) is 0 Å². The molecule has 0 amide bonds. The van der Waals surface area contributed by atoms with E-state index in [9.17, 15) is 79.7 Å². The van der Waals surface area contributed by atoms with Gasteiger partial charge >= 0.3 is 43.1 Å². The van der Waals surface area contributed by atoms with E-state index < -0.39 is 214 Å². The van der Waals surface area contributed by atoms with Crippen molar-refractivity contribution in [1.82, 2.24) is 0 Å². The smallest absolute Gasteiger partial charge is 0.397 e. The summed E-state index contributed by atoms with van der Waals surface area (Å²) in [6.07, 6.45) is -29.3. The van der Waals surface area contributed by atoms with Crippen LogP contribution in [0.15, 0.2) is 23.3 Å². The van der Waals surface area contributed by atoms with Crippen LogP contribution in [0.4, 0.5) is 0 Å². The van der Waals surface area contributed by atoms with Crippen LogP contribution in [0.3, 0.4) is 0 Å². The van der Waals surface area contributed by atoms with Crippen LogP contribution in [0.25, 0.3) is 0 Å². The molecule has 32 nitrogen and oxygen atoms in total. The highest BCUT2D eigenvalue weighted by Crippen LogP contribution is 2.77. The van der Waals surface area contributed by atoms with Gasteiger partial charge in [0.2, 0.25) is 0 Å². The number of aliphatic hydroxyl groups is 7. The Kier molecular flexibility index (Phi) is 21.3. The van der Waals surface area contributed by atoms with Gasteiger partial charge in [0.05, 0.1) is 43.4 Å². The molecule has 0 aromatic rings. The summed E-state index contributed by atoms with van der Waals surface area (Å²) >= 11 is 0. The van der Waals surface area contributed by atoms with Crippen LogP contribution in [0.5, 0.6) is 0 Å². The van der Waals surface area contributed by atoms with Gasteiger partial charge in [-0.05, 0) is 102 Å². The van der Waals surface area contributed by atoms with E-state index in [4.69, 9.17) is 60.8 Å². The minimum Gasteiger partial charge on any atom is -0.462 e. The van der Waals surface area contributed by atoms with Crippen molar-refractivity contribution < 1.29 is 149 Å². The maximum absolute atomic E-state index is 14.7. The Morgan fingerprint density at radius 3 is 1.81 bits per heavy atom. The molecule has 4 aliphatic carbocycles. The molecule has 5 saturated heterocycles. The molecular formula is C56H88O32S3. The Hall–Kier alpha value is -2.61. The van der Waals surface area contributed by atoms with Crippen molar-refractivity contribution in [2.24, 2.45) is 39.4 Å². The highest BCUT2D eigenvalue weighted by molar-refractivity contribution is 7.81. The Bertz CT molecular complexity index is 3050. The Morgan fingerprint density at radius 2 is 1.24 bits per heavy atom. The molecule has 28 atom stereocenters. The summed E-state index contributed by atoms with van der Waals surface area (Å²) in [5.41, 5.74) is -1.40. The third-order valence-corrected chi connectivity index (χ3v) is 22.3. The minimum atomic E-state index is -5.26. The summed E-state index contributed by atoms with van der Waals surface area (Å²) in [6, 6.07) is 0. The molecule has 1 spiro atoms. The van der Waals surface area contributed by atoms with Gasteiger partial charge in [0, 0.05) is 19.4 Å². The van der Waals surface area contributed by atoms with Gasteiger partial charge in [-0.3, -0.25) is 23.2 Å². The first kappa shape index (κ1) is 72.7. The van der Waals surface area contributed by atoms with E-state index in [0.717, 1.165) is 18.3 Å². The summed E-state index contributed by atoms with van der Waals surface area (Å²) < 4.78 is 178. The number of rotatable bonds is 21. The molecule has 0 bridgehead atoms. The SMILES string of the molecule is CO[C@@H]1[C@@H](O)[C@H](O[C@@H]2[C@@H](O)[C@H](O[C@H]3[C@H](O)[C@@H](O)[C@H](O[C@H]4[C@H](O[C@H]5CC[C@]6(C)[C@@H]7CC[C@]89C(=O)O[C@@](C)(CCC=C(C)C)[C@H]8[C@@H](OC(C)=O)C[C@@]9(C)C7=CC[C@H]6C5(C)C)OC[C@@H](OS(=O)(=O)O)[C@@H]4O)O[C@@H]3C)O[C@H](COS(=O)(=O)O)[C@H]2O)O[C@H](COS(=O)(=O)O)[C@H]1O. The van der Waals surface area contributed by atoms with Crippen molar-refractivity contribution in [3.05, 3.63) is 23.3 Å². The monoisotopic (exact) mass is 1370 g/mol. The van der Waals surface area contributed by atoms with E-state index in [1.165, 1.54) is 13.8 Å². The van der Waals surface area contributed by atoms with Gasteiger partial charge in [0.15, 0.2) is 25.2 Å². The first-order valence-electron chi connectivity index (χ1n) is 30.2. The van der Waals surface area contributed by atoms with E-state index >= 15 is 0 Å². The molecule has 3 saturated carbocycles. The third-order valence-electron chi connectivity index (χ3n) is 21.0. The lowest BCUT2D eigenvalue weighted by molar-refractivity contribution is -0.389. The Labute approximate surface area is 527 Å². The zero-order chi connectivity index (χ0) is 67.3. The number of cyclic esters (lactones) is 1. The fourth-order valence-corrected chi connectivity index (χ4v) is 17.9. The second kappa shape index (κ2) is 26.7. The maximum Gasteiger partial charge on any atom is 0.397 e. The molecule has 522 valence electrons. The highest BCUT2D eigenvalue weighted by atomic mass is 32.3. The van der Waals surface area contributed by atoms with Gasteiger partial charge in [-0.15, -0.1) is 0 Å². The van der Waals surface area contributed by atoms with Crippen LogP contribution in [-0.2, 0) is 105 Å². The summed E-state index contributed by atoms with van der Waals surface area (Å²) in [5, 5.41) is 80.4. The summed E-state index contributed by atoms with van der Waals surface area (Å²) in [4.78, 5) is 27.5. The average Bonchev–Trinajstić information content (AvgIpc) is 1.52. The highest BCUT2D eigenvalue weighted by Gasteiger charge is 2.79. The number of methoxy groups -OCH3 is 1. The third kappa shape index (κ3) is 14.1. The number of fused-ring (bicyclic) bond motifs is 4. The average molecular weight is 1370 g/mol.